The zero-order valence-corrected chi connectivity index (χ0v) is 9.94. The Bertz CT molecular complexity index is 719. The number of benzene rings is 2. The molecule has 0 aliphatic rings. The average molecular weight is 236 g/mol. The van der Waals surface area contributed by atoms with Gasteiger partial charge >= 0.3 is 0 Å². The fourth-order valence-electron chi connectivity index (χ4n) is 2.02. The van der Waals surface area contributed by atoms with Gasteiger partial charge in [-0.25, -0.2) is 9.37 Å². The molecule has 0 saturated carbocycles. The van der Waals surface area contributed by atoms with E-state index in [1.807, 2.05) is 31.2 Å². The lowest BCUT2D eigenvalue weighted by Gasteiger charge is -2.05. The van der Waals surface area contributed by atoms with Gasteiger partial charge in [-0.05, 0) is 36.8 Å². The molecule has 2 heteroatoms. The first-order valence-corrected chi connectivity index (χ1v) is 5.78. The Morgan fingerprint density at radius 3 is 2.78 bits per heavy atom. The molecule has 0 spiro atoms. The van der Waals surface area contributed by atoms with E-state index in [1.54, 1.807) is 12.1 Å². The lowest BCUT2D eigenvalue weighted by molar-refractivity contribution is 0.629. The van der Waals surface area contributed by atoms with Crippen molar-refractivity contribution >= 4 is 10.9 Å². The Kier molecular flexibility index (Phi) is 2.56. The highest BCUT2D eigenvalue weighted by molar-refractivity contribution is 5.81. The molecular weight excluding hydrogens is 225 g/mol. The number of aromatic nitrogens is 1. The van der Waals surface area contributed by atoms with E-state index in [9.17, 15) is 4.39 Å². The summed E-state index contributed by atoms with van der Waals surface area (Å²) in [4.78, 5) is 4.53. The van der Waals surface area contributed by atoms with Crippen LogP contribution in [0.25, 0.3) is 22.2 Å². The highest BCUT2D eigenvalue weighted by Crippen LogP contribution is 2.23. The van der Waals surface area contributed by atoms with Gasteiger partial charge in [-0.1, -0.05) is 24.3 Å². The topological polar surface area (TPSA) is 12.9 Å². The van der Waals surface area contributed by atoms with E-state index in [-0.39, 0.29) is 5.82 Å². The van der Waals surface area contributed by atoms with E-state index < -0.39 is 0 Å². The van der Waals surface area contributed by atoms with Gasteiger partial charge < -0.3 is 0 Å². The highest BCUT2D eigenvalue weighted by Gasteiger charge is 2.04. The van der Waals surface area contributed by atoms with Gasteiger partial charge in [-0.2, -0.15) is 0 Å². The van der Waals surface area contributed by atoms with Crippen LogP contribution in [0.3, 0.4) is 0 Å². The Labute approximate surface area is 105 Å². The minimum Gasteiger partial charge on any atom is -0.247 e. The molecule has 0 aliphatic carbocycles. The number of aryl methyl sites for hydroxylation is 1. The summed E-state index contributed by atoms with van der Waals surface area (Å²) in [5.41, 5.74) is 3.80. The van der Waals surface area contributed by atoms with Gasteiger partial charge in [0.05, 0.1) is 11.2 Å². The Morgan fingerprint density at radius 1 is 1.11 bits per heavy atom. The fourth-order valence-corrected chi connectivity index (χ4v) is 2.02. The van der Waals surface area contributed by atoms with Crippen molar-refractivity contribution in [3.05, 3.63) is 66.0 Å². The average Bonchev–Trinajstić information content (AvgIpc) is 2.39. The summed E-state index contributed by atoms with van der Waals surface area (Å²) in [6.07, 6.45) is 0. The molecule has 3 aromatic rings. The SMILES string of the molecule is Cc1ccccc1-c1[c]cc2cc(F)ccc2n1. The van der Waals surface area contributed by atoms with Crippen LogP contribution in [0.4, 0.5) is 4.39 Å². The van der Waals surface area contributed by atoms with Gasteiger partial charge in [0.2, 0.25) is 0 Å². The van der Waals surface area contributed by atoms with Crippen molar-refractivity contribution in [2.45, 2.75) is 6.92 Å². The van der Waals surface area contributed by atoms with E-state index in [0.717, 1.165) is 27.7 Å². The van der Waals surface area contributed by atoms with Crippen molar-refractivity contribution in [1.29, 1.82) is 0 Å². The lowest BCUT2D eigenvalue weighted by Crippen LogP contribution is -1.88. The van der Waals surface area contributed by atoms with E-state index in [1.165, 1.54) is 12.1 Å². The van der Waals surface area contributed by atoms with E-state index in [0.29, 0.717) is 0 Å². The highest BCUT2D eigenvalue weighted by atomic mass is 19.1. The van der Waals surface area contributed by atoms with Crippen molar-refractivity contribution < 1.29 is 4.39 Å². The summed E-state index contributed by atoms with van der Waals surface area (Å²) < 4.78 is 13.1. The maximum absolute atomic E-state index is 13.1. The lowest BCUT2D eigenvalue weighted by atomic mass is 10.0. The van der Waals surface area contributed by atoms with Crippen molar-refractivity contribution in [3.63, 3.8) is 0 Å². The molecule has 1 radical (unpaired) electrons. The van der Waals surface area contributed by atoms with Crippen molar-refractivity contribution in [2.24, 2.45) is 0 Å². The van der Waals surface area contributed by atoms with Crippen LogP contribution in [0.5, 0.6) is 0 Å². The second-order valence-electron chi connectivity index (χ2n) is 4.27. The standard InChI is InChI=1S/C16H11FN/c1-11-4-2-3-5-14(11)16-8-6-12-10-13(17)7-9-15(12)18-16/h2-7,9-10H,1H3. The van der Waals surface area contributed by atoms with Crippen LogP contribution in [0.15, 0.2) is 48.5 Å². The molecule has 0 aliphatic heterocycles. The number of halogens is 1. The van der Waals surface area contributed by atoms with Gasteiger partial charge in [0.1, 0.15) is 5.82 Å². The maximum Gasteiger partial charge on any atom is 0.123 e. The van der Waals surface area contributed by atoms with Crippen LogP contribution in [-0.4, -0.2) is 4.98 Å². The number of pyridine rings is 1. The smallest absolute Gasteiger partial charge is 0.123 e. The van der Waals surface area contributed by atoms with Gasteiger partial charge in [-0.15, -0.1) is 0 Å². The zero-order valence-electron chi connectivity index (χ0n) is 9.94. The largest absolute Gasteiger partial charge is 0.247 e. The first-order chi connectivity index (χ1) is 8.74. The molecule has 1 aromatic heterocycles. The minimum atomic E-state index is -0.249. The molecule has 1 heterocycles. The molecule has 0 bridgehead atoms. The van der Waals surface area contributed by atoms with E-state index in [4.69, 9.17) is 0 Å². The van der Waals surface area contributed by atoms with Gasteiger partial charge in [0.15, 0.2) is 0 Å². The van der Waals surface area contributed by atoms with Crippen LogP contribution < -0.4 is 0 Å². The monoisotopic (exact) mass is 236 g/mol. The van der Waals surface area contributed by atoms with Gasteiger partial charge in [0, 0.05) is 17.0 Å². The summed E-state index contributed by atoms with van der Waals surface area (Å²) in [5, 5.41) is 0.771. The minimum absolute atomic E-state index is 0.249. The number of nitrogens with zero attached hydrogens (tertiary/aromatic N) is 1. The summed E-state index contributed by atoms with van der Waals surface area (Å²) in [7, 11) is 0. The molecule has 18 heavy (non-hydrogen) atoms. The van der Waals surface area contributed by atoms with Crippen molar-refractivity contribution in [2.75, 3.05) is 0 Å². The summed E-state index contributed by atoms with van der Waals surface area (Å²) in [5.74, 6) is -0.249. The van der Waals surface area contributed by atoms with Crippen LogP contribution in [0.1, 0.15) is 5.56 Å². The normalized spacial score (nSPS) is 10.8. The maximum atomic E-state index is 13.1. The van der Waals surface area contributed by atoms with Crippen molar-refractivity contribution in [3.8, 4) is 11.3 Å². The Hall–Kier alpha value is -2.22. The molecule has 87 valence electrons. The first-order valence-electron chi connectivity index (χ1n) is 5.78. The molecule has 3 rings (SSSR count). The zero-order chi connectivity index (χ0) is 12.5. The second-order valence-corrected chi connectivity index (χ2v) is 4.27. The molecule has 0 unspecified atom stereocenters. The molecular formula is C16H11FN. The summed E-state index contributed by atoms with van der Waals surface area (Å²) in [6, 6.07) is 17.5. The van der Waals surface area contributed by atoms with Gasteiger partial charge in [0.25, 0.3) is 0 Å². The second kappa shape index (κ2) is 4.22. The Balaban J connectivity index is 2.20. The Morgan fingerprint density at radius 2 is 1.94 bits per heavy atom. The molecule has 1 nitrogen and oxygen atoms in total. The molecule has 2 aromatic carbocycles. The molecule has 0 fully saturated rings. The fraction of sp³-hybridized carbons (Fsp3) is 0.0625. The third-order valence-electron chi connectivity index (χ3n) is 2.99. The number of fused-ring (bicyclic) bond motifs is 1. The molecule has 0 amide bonds. The van der Waals surface area contributed by atoms with Crippen molar-refractivity contribution in [1.82, 2.24) is 4.98 Å². The third-order valence-corrected chi connectivity index (χ3v) is 2.99. The molecule has 0 saturated heterocycles. The number of hydrogen-bond acceptors (Lipinski definition) is 1. The molecule has 0 N–H and O–H groups in total. The quantitative estimate of drug-likeness (QED) is 0.618. The van der Waals surface area contributed by atoms with Crippen LogP contribution in [0, 0.1) is 18.8 Å². The number of hydrogen-bond donors (Lipinski definition) is 0. The predicted molar refractivity (Wildman–Crippen MR) is 70.7 cm³/mol. The predicted octanol–water partition coefficient (Wildman–Crippen LogP) is 4.15. The first kappa shape index (κ1) is 10.9. The van der Waals surface area contributed by atoms with Crippen LogP contribution in [-0.2, 0) is 0 Å². The summed E-state index contributed by atoms with van der Waals surface area (Å²) >= 11 is 0. The van der Waals surface area contributed by atoms with Gasteiger partial charge in [-0.3, -0.25) is 0 Å². The van der Waals surface area contributed by atoms with Crippen LogP contribution in [0.2, 0.25) is 0 Å². The van der Waals surface area contributed by atoms with E-state index in [2.05, 4.69) is 11.1 Å². The summed E-state index contributed by atoms with van der Waals surface area (Å²) in [6.45, 7) is 2.04. The molecule has 0 atom stereocenters. The number of rotatable bonds is 1. The van der Waals surface area contributed by atoms with E-state index >= 15 is 0 Å². The van der Waals surface area contributed by atoms with Crippen LogP contribution >= 0.6 is 0 Å². The third kappa shape index (κ3) is 1.86.